The number of benzene rings is 3. The summed E-state index contributed by atoms with van der Waals surface area (Å²) >= 11 is -0.319. The van der Waals surface area contributed by atoms with E-state index >= 15 is 4.39 Å². The van der Waals surface area contributed by atoms with Gasteiger partial charge in [0, 0.05) is 38.0 Å². The van der Waals surface area contributed by atoms with Crippen LogP contribution in [0.4, 0.5) is 17.6 Å². The van der Waals surface area contributed by atoms with Gasteiger partial charge >= 0.3 is 163 Å². The van der Waals surface area contributed by atoms with Gasteiger partial charge in [-0.05, 0) is 25.7 Å². The number of hydrogen-bond acceptors (Lipinski definition) is 4. The van der Waals surface area contributed by atoms with Crippen molar-refractivity contribution in [2.75, 3.05) is 0 Å². The number of carbonyl (C=O) groups is 1. The van der Waals surface area contributed by atoms with Crippen molar-refractivity contribution < 1.29 is 48.9 Å². The molecule has 3 aromatic carbocycles. The van der Waals surface area contributed by atoms with Gasteiger partial charge in [0.2, 0.25) is 0 Å². The van der Waals surface area contributed by atoms with Crippen LogP contribution in [-0.2, 0) is 31.1 Å². The number of ketones is 1. The second-order valence-electron chi connectivity index (χ2n) is 10.2. The van der Waals surface area contributed by atoms with E-state index in [-0.39, 0.29) is 79.8 Å². The molecular weight excluding hydrogens is 816 g/mol. The van der Waals surface area contributed by atoms with Crippen LogP contribution in [-0.4, -0.2) is 35.4 Å². The molecule has 0 atom stereocenters. The van der Waals surface area contributed by atoms with Crippen molar-refractivity contribution in [1.82, 2.24) is 9.97 Å². The third-order valence-corrected chi connectivity index (χ3v) is 9.87. The Bertz CT molecular complexity index is 1800. The van der Waals surface area contributed by atoms with Crippen LogP contribution in [0.15, 0.2) is 66.7 Å². The van der Waals surface area contributed by atoms with E-state index in [0.29, 0.717) is 4.44 Å². The molecule has 235 valence electrons. The fraction of sp³-hybridized carbons (Fsp3) is 0.324. The summed E-state index contributed by atoms with van der Waals surface area (Å²) < 4.78 is 66.7. The summed E-state index contributed by atoms with van der Waals surface area (Å²) in [5.41, 5.74) is -1.64. The molecule has 0 saturated carbocycles. The van der Waals surface area contributed by atoms with Crippen LogP contribution < -0.4 is 0 Å². The molecule has 2 heterocycles. The second-order valence-corrected chi connectivity index (χ2v) is 12.4. The average Bonchev–Trinajstić information content (AvgIpc) is 3.42. The first-order valence-electron chi connectivity index (χ1n) is 14.8. The van der Waals surface area contributed by atoms with Crippen LogP contribution in [0.3, 0.4) is 0 Å². The molecule has 0 aliphatic heterocycles. The average molecular weight is 850 g/mol. The van der Waals surface area contributed by atoms with Crippen molar-refractivity contribution in [1.29, 1.82) is 0 Å². The van der Waals surface area contributed by atoms with E-state index in [2.05, 4.69) is 16.0 Å². The molecule has 0 amide bonds. The van der Waals surface area contributed by atoms with Crippen LogP contribution >= 0.6 is 0 Å². The minimum atomic E-state index is -4.77. The topological polar surface area (TPSA) is 63.1 Å². The molecule has 0 unspecified atom stereocenters. The van der Waals surface area contributed by atoms with E-state index in [1.165, 1.54) is 30.3 Å². The molecule has 44 heavy (non-hydrogen) atoms. The first-order valence-corrected chi connectivity index (χ1v) is 16.0. The smallest absolute Gasteiger partial charge is 0 e. The Morgan fingerprint density at radius 1 is 0.977 bits per heavy atom. The van der Waals surface area contributed by atoms with Gasteiger partial charge in [0.05, 0.1) is 5.76 Å². The molecule has 0 saturated heterocycles. The van der Waals surface area contributed by atoms with Gasteiger partial charge in [-0.25, -0.2) is 0 Å². The van der Waals surface area contributed by atoms with Gasteiger partial charge < -0.3 is 5.11 Å². The van der Waals surface area contributed by atoms with Gasteiger partial charge in [-0.3, -0.25) is 4.79 Å². The number of halogens is 4. The van der Waals surface area contributed by atoms with E-state index in [4.69, 9.17) is 1.37 Å². The Morgan fingerprint density at radius 2 is 1.57 bits per heavy atom. The summed E-state index contributed by atoms with van der Waals surface area (Å²) in [5.74, 6) is -0.272. The first kappa shape index (κ1) is 34.0. The fourth-order valence-corrected chi connectivity index (χ4v) is 7.25. The van der Waals surface area contributed by atoms with E-state index in [1.807, 2.05) is 52.0 Å². The van der Waals surface area contributed by atoms with Gasteiger partial charge in [-0.2, -0.15) is 0 Å². The summed E-state index contributed by atoms with van der Waals surface area (Å²) in [5, 5.41) is 9.81. The molecule has 4 nitrogen and oxygen atoms in total. The number of allylic oxidation sites excluding steroid dienone is 2. The predicted molar refractivity (Wildman–Crippen MR) is 165 cm³/mol. The maximum Gasteiger partial charge on any atom is 0 e. The molecule has 0 spiro atoms. The largest absolute Gasteiger partial charge is 0 e. The minimum absolute atomic E-state index is 0. The van der Waals surface area contributed by atoms with Gasteiger partial charge in [0.1, 0.15) is 0 Å². The molecule has 1 N–H and O–H groups in total. The molecule has 0 fully saturated rings. The summed E-state index contributed by atoms with van der Waals surface area (Å²) in [6.07, 6.45) is -0.455. The molecular formula is C34H33F4IrN2O2Se-. The molecule has 1 radical (unpaired) electrons. The number of aliphatic hydroxyl groups excluding tert-OH is 1. The standard InChI is InChI=1S/C21H9F4N2Se.C13H24O2.Ir/c22-18-13-7-3-2-6-12(13)17(21(23,24)25)20-16(18)19(26-10-27-20)15-9-11-5-1-4-8-14(11)28-15;1-5-10(6-2)12(14)9-13(15)11(7-3)8-4;/h1-8,10H;9-11,14H,5-8H2,1-4H3;/q-1;;/b;12-9-;/i10D;;. The van der Waals surface area contributed by atoms with Crippen LogP contribution in [0.5, 0.6) is 0 Å². The van der Waals surface area contributed by atoms with E-state index < -0.39 is 29.4 Å². The Hall–Kier alpha value is -2.90. The number of hydrogen-bond donors (Lipinski definition) is 1. The summed E-state index contributed by atoms with van der Waals surface area (Å²) in [4.78, 5) is 19.4. The van der Waals surface area contributed by atoms with Gasteiger partial charge in [-0.15, -0.1) is 0 Å². The minimum Gasteiger partial charge on any atom is 0 e. The second kappa shape index (κ2) is 15.4. The number of alkyl halides is 3. The van der Waals surface area contributed by atoms with Crippen LogP contribution in [0.25, 0.3) is 41.5 Å². The maximum absolute atomic E-state index is 15.5. The zero-order valence-corrected chi connectivity index (χ0v) is 28.8. The molecule has 0 aliphatic rings. The zero-order valence-electron chi connectivity index (χ0n) is 25.7. The van der Waals surface area contributed by atoms with E-state index in [0.717, 1.165) is 35.3 Å². The van der Waals surface area contributed by atoms with Crippen molar-refractivity contribution in [3.63, 3.8) is 0 Å². The van der Waals surface area contributed by atoms with Gasteiger partial charge in [0.15, 0.2) is 5.78 Å². The Labute approximate surface area is 275 Å². The van der Waals surface area contributed by atoms with Crippen molar-refractivity contribution >= 4 is 51.6 Å². The maximum atomic E-state index is 15.5. The SMILES string of the molecule is CCC(CC)C(=O)/C=C(\O)C(CC)CC.[2H]c1nc(-c2[c-]c3ccccc3[se]2)c2c(F)c3ccccc3c(C(F)(F)F)c2n1.[Ir]. The molecule has 0 aliphatic carbocycles. The predicted octanol–water partition coefficient (Wildman–Crippen LogP) is 9.49. The Morgan fingerprint density at radius 3 is 2.16 bits per heavy atom. The Kier molecular flexibility index (Phi) is 11.9. The van der Waals surface area contributed by atoms with Crippen LogP contribution in [0.2, 0.25) is 0 Å². The zero-order chi connectivity index (χ0) is 32.2. The Balaban J connectivity index is 0.000000297. The number of aromatic nitrogens is 2. The molecule has 5 rings (SSSR count). The number of nitrogens with zero attached hydrogens (tertiary/aromatic N) is 2. The van der Waals surface area contributed by atoms with Crippen LogP contribution in [0.1, 0.15) is 60.3 Å². The normalized spacial score (nSPS) is 12.4. The van der Waals surface area contributed by atoms with Crippen molar-refractivity contribution in [2.24, 2.45) is 11.8 Å². The molecule has 0 bridgehead atoms. The van der Waals surface area contributed by atoms with Gasteiger partial charge in [-0.1, -0.05) is 27.7 Å². The quantitative estimate of drug-likeness (QED) is 0.0423. The van der Waals surface area contributed by atoms with Crippen molar-refractivity contribution in [3.8, 4) is 10.1 Å². The summed E-state index contributed by atoms with van der Waals surface area (Å²) in [6.45, 7) is 8.07. The fourth-order valence-electron chi connectivity index (χ4n) is 5.15. The van der Waals surface area contributed by atoms with E-state index in [9.17, 15) is 23.1 Å². The third kappa shape index (κ3) is 7.48. The summed E-state index contributed by atoms with van der Waals surface area (Å²) in [6, 6.07) is 16.0. The first-order chi connectivity index (χ1) is 20.9. The van der Waals surface area contributed by atoms with Gasteiger partial charge in [0.25, 0.3) is 0 Å². The van der Waals surface area contributed by atoms with Crippen molar-refractivity contribution in [3.05, 3.63) is 84.1 Å². The van der Waals surface area contributed by atoms with Crippen LogP contribution in [0, 0.1) is 23.7 Å². The monoisotopic (exact) mass is 851 g/mol. The number of rotatable bonds is 8. The third-order valence-electron chi connectivity index (χ3n) is 7.61. The number of aliphatic hydroxyl groups is 1. The molecule has 2 aromatic heterocycles. The number of carbonyl (C=O) groups excluding carboxylic acids is 1. The molecule has 10 heteroatoms. The van der Waals surface area contributed by atoms with Crippen molar-refractivity contribution in [2.45, 2.75) is 59.6 Å². The molecule has 5 aromatic rings. The summed E-state index contributed by atoms with van der Waals surface area (Å²) in [7, 11) is 0. The number of fused-ring (bicyclic) bond motifs is 3. The van der Waals surface area contributed by atoms with E-state index in [1.54, 1.807) is 0 Å².